The highest BCUT2D eigenvalue weighted by Crippen LogP contribution is 2.51. The van der Waals surface area contributed by atoms with Crippen molar-refractivity contribution in [3.05, 3.63) is 46.5 Å². The number of amides is 2. The molecule has 2 amide bonds. The number of aromatic nitrogens is 1. The monoisotopic (exact) mass is 355 g/mol. The number of hydrogen-bond donors (Lipinski definition) is 2. The van der Waals surface area contributed by atoms with Crippen LogP contribution in [0, 0.1) is 5.92 Å². The van der Waals surface area contributed by atoms with E-state index < -0.39 is 35.4 Å². The quantitative estimate of drug-likeness (QED) is 0.884. The van der Waals surface area contributed by atoms with Gasteiger partial charge in [0.05, 0.1) is 11.8 Å². The van der Waals surface area contributed by atoms with E-state index in [1.165, 1.54) is 24.4 Å². The number of thiazole rings is 1. The summed E-state index contributed by atoms with van der Waals surface area (Å²) in [7, 11) is 0. The van der Waals surface area contributed by atoms with Gasteiger partial charge in [0.25, 0.3) is 5.91 Å². The zero-order valence-electron chi connectivity index (χ0n) is 12.1. The molecule has 1 saturated carbocycles. The number of alkyl halides is 3. The van der Waals surface area contributed by atoms with E-state index in [1.807, 2.05) is 0 Å². The fraction of sp³-hybridized carbons (Fsp3) is 0.267. The van der Waals surface area contributed by atoms with Gasteiger partial charge in [0.2, 0.25) is 5.91 Å². The summed E-state index contributed by atoms with van der Waals surface area (Å²) in [5, 5.41) is 2.71. The number of carbonyl (C=O) groups excluding carboxylic acids is 2. The van der Waals surface area contributed by atoms with Crippen LogP contribution in [0.1, 0.15) is 33.1 Å². The van der Waals surface area contributed by atoms with Gasteiger partial charge in [-0.25, -0.2) is 4.98 Å². The van der Waals surface area contributed by atoms with Crippen molar-refractivity contribution in [1.29, 1.82) is 0 Å². The maximum atomic E-state index is 13.0. The third kappa shape index (κ3) is 3.25. The highest BCUT2D eigenvalue weighted by molar-refractivity contribution is 7.17. The van der Waals surface area contributed by atoms with Crippen molar-refractivity contribution in [2.75, 3.05) is 5.32 Å². The molecular formula is C15H12F3N3O2S. The van der Waals surface area contributed by atoms with Gasteiger partial charge in [-0.3, -0.25) is 9.59 Å². The first kappa shape index (κ1) is 16.4. The van der Waals surface area contributed by atoms with Crippen LogP contribution in [0.3, 0.4) is 0 Å². The van der Waals surface area contributed by atoms with Gasteiger partial charge < -0.3 is 11.1 Å². The van der Waals surface area contributed by atoms with E-state index in [4.69, 9.17) is 5.73 Å². The largest absolute Gasteiger partial charge is 0.416 e. The van der Waals surface area contributed by atoms with Crippen LogP contribution in [0.4, 0.5) is 18.3 Å². The van der Waals surface area contributed by atoms with E-state index in [9.17, 15) is 22.8 Å². The molecule has 2 aromatic rings. The van der Waals surface area contributed by atoms with Gasteiger partial charge in [-0.15, -0.1) is 0 Å². The molecule has 2 atom stereocenters. The molecule has 126 valence electrons. The number of anilines is 1. The smallest absolute Gasteiger partial charge is 0.365 e. The van der Waals surface area contributed by atoms with Crippen LogP contribution in [0.25, 0.3) is 0 Å². The van der Waals surface area contributed by atoms with Crippen LogP contribution >= 0.6 is 11.3 Å². The third-order valence-electron chi connectivity index (χ3n) is 3.77. The molecule has 1 aromatic carbocycles. The second-order valence-electron chi connectivity index (χ2n) is 5.42. The van der Waals surface area contributed by atoms with Crippen molar-refractivity contribution in [2.45, 2.75) is 18.5 Å². The molecule has 1 aromatic heterocycles. The number of carbonyl (C=O) groups is 2. The molecule has 0 spiro atoms. The Kier molecular flexibility index (Phi) is 4.04. The minimum Gasteiger partial charge on any atom is -0.365 e. The van der Waals surface area contributed by atoms with Crippen LogP contribution in [0.2, 0.25) is 0 Å². The molecule has 0 unspecified atom stereocenters. The van der Waals surface area contributed by atoms with Crippen molar-refractivity contribution >= 4 is 28.3 Å². The van der Waals surface area contributed by atoms with Gasteiger partial charge in [-0.2, -0.15) is 13.2 Å². The van der Waals surface area contributed by atoms with Crippen molar-refractivity contribution in [1.82, 2.24) is 4.98 Å². The zero-order chi connectivity index (χ0) is 17.5. The summed E-state index contributed by atoms with van der Waals surface area (Å²) < 4.78 is 39.1. The van der Waals surface area contributed by atoms with Gasteiger partial charge in [0.15, 0.2) is 5.13 Å². The first-order chi connectivity index (χ1) is 11.3. The Labute approximate surface area is 138 Å². The molecule has 0 saturated heterocycles. The summed E-state index contributed by atoms with van der Waals surface area (Å²) in [5.74, 6) is -2.09. The minimum absolute atomic E-state index is 0.127. The highest BCUT2D eigenvalue weighted by atomic mass is 32.1. The lowest BCUT2D eigenvalue weighted by molar-refractivity contribution is -0.138. The summed E-state index contributed by atoms with van der Waals surface area (Å²) in [6.07, 6.45) is -2.87. The number of nitrogens with zero attached hydrogens (tertiary/aromatic N) is 1. The lowest BCUT2D eigenvalue weighted by Gasteiger charge is -2.12. The molecule has 5 nitrogen and oxygen atoms in total. The Bertz CT molecular complexity index is 803. The van der Waals surface area contributed by atoms with Crippen molar-refractivity contribution in [3.8, 4) is 0 Å². The molecule has 0 aliphatic heterocycles. The van der Waals surface area contributed by atoms with Gasteiger partial charge >= 0.3 is 6.18 Å². The minimum atomic E-state index is -4.45. The number of rotatable bonds is 4. The maximum Gasteiger partial charge on any atom is 0.416 e. The molecule has 1 aliphatic carbocycles. The van der Waals surface area contributed by atoms with Gasteiger partial charge in [-0.05, 0) is 24.0 Å². The van der Waals surface area contributed by atoms with E-state index in [1.54, 1.807) is 0 Å². The maximum absolute atomic E-state index is 13.0. The van der Waals surface area contributed by atoms with E-state index >= 15 is 0 Å². The molecule has 1 fully saturated rings. The van der Waals surface area contributed by atoms with Crippen LogP contribution in [0.5, 0.6) is 0 Å². The van der Waals surface area contributed by atoms with E-state index in [2.05, 4.69) is 10.3 Å². The van der Waals surface area contributed by atoms with Gasteiger partial charge in [0, 0.05) is 5.92 Å². The lowest BCUT2D eigenvalue weighted by Crippen LogP contribution is -2.15. The molecule has 3 N–H and O–H groups in total. The lowest BCUT2D eigenvalue weighted by atomic mass is 10.0. The van der Waals surface area contributed by atoms with E-state index in [0.717, 1.165) is 17.4 Å². The summed E-state index contributed by atoms with van der Waals surface area (Å²) in [6.45, 7) is 0. The molecule has 0 bridgehead atoms. The predicted octanol–water partition coefficient (Wildman–Crippen LogP) is 3.00. The number of halogens is 3. The first-order valence-corrected chi connectivity index (χ1v) is 7.81. The third-order valence-corrected chi connectivity index (χ3v) is 4.70. The van der Waals surface area contributed by atoms with Crippen LogP contribution in [-0.2, 0) is 11.0 Å². The Morgan fingerprint density at radius 3 is 2.62 bits per heavy atom. The standard InChI is InChI=1S/C15H12F3N3O2S/c16-15(17,18)10-4-2-1-3-7(10)8-5-9(8)13(23)21-14-20-6-11(24-14)12(19)22/h1-4,6,8-9H,5H2,(H2,19,22)(H,20,21,23)/t8-,9+/m0/s1. The van der Waals surface area contributed by atoms with Crippen molar-refractivity contribution in [3.63, 3.8) is 0 Å². The van der Waals surface area contributed by atoms with Crippen molar-refractivity contribution in [2.24, 2.45) is 11.7 Å². The van der Waals surface area contributed by atoms with Crippen LogP contribution < -0.4 is 11.1 Å². The molecule has 9 heteroatoms. The fourth-order valence-corrected chi connectivity index (χ4v) is 3.22. The number of hydrogen-bond acceptors (Lipinski definition) is 4. The topological polar surface area (TPSA) is 85.1 Å². The summed E-state index contributed by atoms with van der Waals surface area (Å²) in [4.78, 5) is 27.2. The number of primary amides is 1. The average molecular weight is 355 g/mol. The summed E-state index contributed by atoms with van der Waals surface area (Å²) in [6, 6.07) is 5.26. The predicted molar refractivity (Wildman–Crippen MR) is 81.6 cm³/mol. The Morgan fingerprint density at radius 1 is 1.29 bits per heavy atom. The number of nitrogens with two attached hydrogens (primary N) is 1. The molecule has 1 aliphatic rings. The normalized spacial score (nSPS) is 19.8. The second-order valence-corrected chi connectivity index (χ2v) is 6.45. The first-order valence-electron chi connectivity index (χ1n) is 7.00. The zero-order valence-corrected chi connectivity index (χ0v) is 12.9. The SMILES string of the molecule is NC(=O)c1cnc(NC(=O)[C@@H]2C[C@H]2c2ccccc2C(F)(F)F)s1. The molecule has 0 radical (unpaired) electrons. The van der Waals surface area contributed by atoms with Gasteiger partial charge in [0.1, 0.15) is 4.88 Å². The fourth-order valence-electron chi connectivity index (χ4n) is 2.55. The van der Waals surface area contributed by atoms with Crippen LogP contribution in [0.15, 0.2) is 30.5 Å². The summed E-state index contributed by atoms with van der Waals surface area (Å²) >= 11 is 0.921. The van der Waals surface area contributed by atoms with Gasteiger partial charge in [-0.1, -0.05) is 29.5 Å². The number of benzene rings is 1. The molecular weight excluding hydrogens is 343 g/mol. The highest BCUT2D eigenvalue weighted by Gasteiger charge is 2.48. The van der Waals surface area contributed by atoms with E-state index in [-0.39, 0.29) is 15.6 Å². The Balaban J connectivity index is 1.71. The molecule has 1 heterocycles. The van der Waals surface area contributed by atoms with Crippen LogP contribution in [-0.4, -0.2) is 16.8 Å². The average Bonchev–Trinajstić information content (AvgIpc) is 3.18. The summed E-state index contributed by atoms with van der Waals surface area (Å²) in [5.41, 5.74) is 4.51. The molecule has 3 rings (SSSR count). The van der Waals surface area contributed by atoms with Crippen molar-refractivity contribution < 1.29 is 22.8 Å². The Morgan fingerprint density at radius 2 is 2.00 bits per heavy atom. The second kappa shape index (κ2) is 5.90. The Hall–Kier alpha value is -2.42. The number of nitrogens with one attached hydrogen (secondary N) is 1. The van der Waals surface area contributed by atoms with E-state index in [0.29, 0.717) is 6.42 Å². The molecule has 24 heavy (non-hydrogen) atoms.